The molecule has 1 aromatic heterocycles. The average Bonchev–Trinajstić information content (AvgIpc) is 2.89. The molecular formula is C16H23N3O2. The molecule has 1 atom stereocenters. The summed E-state index contributed by atoms with van der Waals surface area (Å²) in [5.41, 5.74) is 1.10. The van der Waals surface area contributed by atoms with Crippen LogP contribution in [0, 0.1) is 0 Å². The molecular weight excluding hydrogens is 266 g/mol. The van der Waals surface area contributed by atoms with E-state index >= 15 is 0 Å². The van der Waals surface area contributed by atoms with Crippen LogP contribution in [0.1, 0.15) is 31.3 Å². The van der Waals surface area contributed by atoms with Crippen molar-refractivity contribution in [1.82, 2.24) is 14.9 Å². The van der Waals surface area contributed by atoms with Gasteiger partial charge in [0.05, 0.1) is 19.3 Å². The van der Waals surface area contributed by atoms with Gasteiger partial charge >= 0.3 is 0 Å². The zero-order chi connectivity index (χ0) is 15.2. The second kappa shape index (κ2) is 7.13. The van der Waals surface area contributed by atoms with E-state index in [0.717, 1.165) is 22.9 Å². The maximum absolute atomic E-state index is 5.69. The smallest absolute Gasteiger partial charge is 0.161 e. The number of hydrogen-bond donors (Lipinski definition) is 1. The van der Waals surface area contributed by atoms with Crippen LogP contribution in [-0.2, 0) is 7.05 Å². The lowest BCUT2D eigenvalue weighted by atomic mass is 10.1. The lowest BCUT2D eigenvalue weighted by Gasteiger charge is -2.19. The molecule has 0 saturated carbocycles. The molecule has 0 bridgehead atoms. The van der Waals surface area contributed by atoms with E-state index in [-0.39, 0.29) is 6.04 Å². The highest BCUT2D eigenvalue weighted by Crippen LogP contribution is 2.32. The Kier molecular flexibility index (Phi) is 5.22. The fraction of sp³-hybridized carbons (Fsp3) is 0.438. The summed E-state index contributed by atoms with van der Waals surface area (Å²) in [6.45, 7) is 5.16. The first-order valence-electron chi connectivity index (χ1n) is 7.25. The molecule has 0 spiro atoms. The van der Waals surface area contributed by atoms with Crippen molar-refractivity contribution in [2.24, 2.45) is 7.05 Å². The van der Waals surface area contributed by atoms with E-state index in [1.54, 1.807) is 6.20 Å². The molecule has 0 aliphatic heterocycles. The van der Waals surface area contributed by atoms with E-state index in [9.17, 15) is 0 Å². The lowest BCUT2D eigenvalue weighted by Crippen LogP contribution is -2.21. The van der Waals surface area contributed by atoms with Crippen molar-refractivity contribution in [1.29, 1.82) is 0 Å². The van der Waals surface area contributed by atoms with Crippen LogP contribution < -0.4 is 14.8 Å². The molecule has 2 rings (SSSR count). The number of aromatic nitrogens is 2. The number of ether oxygens (including phenoxy) is 2. The van der Waals surface area contributed by atoms with Crippen LogP contribution in [0.5, 0.6) is 11.5 Å². The summed E-state index contributed by atoms with van der Waals surface area (Å²) in [7, 11) is 3.92. The van der Waals surface area contributed by atoms with Gasteiger partial charge in [0.1, 0.15) is 5.82 Å². The van der Waals surface area contributed by atoms with Gasteiger partial charge in [-0.15, -0.1) is 0 Å². The summed E-state index contributed by atoms with van der Waals surface area (Å²) in [5, 5.41) is 3.30. The first-order chi connectivity index (χ1) is 10.2. The van der Waals surface area contributed by atoms with Gasteiger partial charge in [0.15, 0.2) is 11.5 Å². The second-order valence-electron chi connectivity index (χ2n) is 4.69. The second-order valence-corrected chi connectivity index (χ2v) is 4.69. The molecule has 2 aromatic rings. The van der Waals surface area contributed by atoms with E-state index in [0.29, 0.717) is 13.2 Å². The van der Waals surface area contributed by atoms with E-state index in [2.05, 4.69) is 10.3 Å². The van der Waals surface area contributed by atoms with Crippen molar-refractivity contribution in [3.63, 3.8) is 0 Å². The van der Waals surface area contributed by atoms with Gasteiger partial charge in [0.25, 0.3) is 0 Å². The minimum Gasteiger partial charge on any atom is -0.490 e. The summed E-state index contributed by atoms with van der Waals surface area (Å²) in [6.07, 6.45) is 3.75. The van der Waals surface area contributed by atoms with Crippen LogP contribution in [0.15, 0.2) is 30.6 Å². The summed E-state index contributed by atoms with van der Waals surface area (Å²) in [5.74, 6) is 2.51. The molecule has 5 heteroatoms. The molecule has 21 heavy (non-hydrogen) atoms. The Morgan fingerprint density at radius 3 is 2.48 bits per heavy atom. The first-order valence-corrected chi connectivity index (χ1v) is 7.25. The molecule has 114 valence electrons. The van der Waals surface area contributed by atoms with Crippen molar-refractivity contribution < 1.29 is 9.47 Å². The zero-order valence-electron chi connectivity index (χ0n) is 13.1. The van der Waals surface area contributed by atoms with Crippen LogP contribution in [0.25, 0.3) is 0 Å². The van der Waals surface area contributed by atoms with Crippen molar-refractivity contribution >= 4 is 0 Å². The molecule has 0 aliphatic carbocycles. The van der Waals surface area contributed by atoms with Gasteiger partial charge in [-0.2, -0.15) is 0 Å². The molecule has 1 unspecified atom stereocenters. The Morgan fingerprint density at radius 1 is 1.19 bits per heavy atom. The zero-order valence-corrected chi connectivity index (χ0v) is 13.1. The van der Waals surface area contributed by atoms with Crippen molar-refractivity contribution in [2.75, 3.05) is 20.3 Å². The Hall–Kier alpha value is -2.01. The number of aryl methyl sites for hydroxylation is 1. The maximum atomic E-state index is 5.69. The van der Waals surface area contributed by atoms with Gasteiger partial charge < -0.3 is 19.4 Å². The van der Waals surface area contributed by atoms with Gasteiger partial charge in [-0.05, 0) is 38.6 Å². The van der Waals surface area contributed by atoms with Gasteiger partial charge in [0.2, 0.25) is 0 Å². The number of rotatable bonds is 7. The van der Waals surface area contributed by atoms with Crippen LogP contribution in [-0.4, -0.2) is 29.8 Å². The normalized spacial score (nSPS) is 12.2. The summed E-state index contributed by atoms with van der Waals surface area (Å²) in [6, 6.07) is 6.03. The molecule has 1 N–H and O–H groups in total. The van der Waals surface area contributed by atoms with Crippen molar-refractivity contribution in [3.8, 4) is 11.5 Å². The highest BCUT2D eigenvalue weighted by molar-refractivity contribution is 5.45. The number of imidazole rings is 1. The summed E-state index contributed by atoms with van der Waals surface area (Å²) in [4.78, 5) is 4.43. The van der Waals surface area contributed by atoms with Crippen LogP contribution in [0.2, 0.25) is 0 Å². The van der Waals surface area contributed by atoms with Crippen molar-refractivity contribution in [2.45, 2.75) is 19.9 Å². The summed E-state index contributed by atoms with van der Waals surface area (Å²) >= 11 is 0. The third-order valence-electron chi connectivity index (χ3n) is 3.31. The highest BCUT2D eigenvalue weighted by atomic mass is 16.5. The van der Waals surface area contributed by atoms with Crippen LogP contribution in [0.3, 0.4) is 0 Å². The Bertz CT molecular complexity index is 581. The third-order valence-corrected chi connectivity index (χ3v) is 3.31. The lowest BCUT2D eigenvalue weighted by molar-refractivity contribution is 0.287. The Labute approximate surface area is 125 Å². The Morgan fingerprint density at radius 2 is 1.90 bits per heavy atom. The van der Waals surface area contributed by atoms with Crippen LogP contribution in [0.4, 0.5) is 0 Å². The first kappa shape index (κ1) is 15.4. The van der Waals surface area contributed by atoms with E-state index in [4.69, 9.17) is 9.47 Å². The fourth-order valence-corrected chi connectivity index (χ4v) is 2.35. The van der Waals surface area contributed by atoms with Crippen LogP contribution >= 0.6 is 0 Å². The molecule has 0 amide bonds. The molecule has 5 nitrogen and oxygen atoms in total. The minimum atomic E-state index is 0.0138. The third kappa shape index (κ3) is 3.36. The average molecular weight is 289 g/mol. The largest absolute Gasteiger partial charge is 0.490 e. The topological polar surface area (TPSA) is 48.3 Å². The molecule has 0 fully saturated rings. The fourth-order valence-electron chi connectivity index (χ4n) is 2.35. The summed E-state index contributed by atoms with van der Waals surface area (Å²) < 4.78 is 13.3. The maximum Gasteiger partial charge on any atom is 0.161 e. The van der Waals surface area contributed by atoms with E-state index in [1.165, 1.54) is 0 Å². The predicted molar refractivity (Wildman–Crippen MR) is 82.9 cm³/mol. The van der Waals surface area contributed by atoms with Gasteiger partial charge in [-0.1, -0.05) is 6.07 Å². The van der Waals surface area contributed by atoms with E-state index in [1.807, 2.05) is 56.9 Å². The number of hydrogen-bond acceptors (Lipinski definition) is 4. The molecule has 0 radical (unpaired) electrons. The predicted octanol–water partition coefficient (Wildman–Crippen LogP) is 2.53. The Balaban J connectivity index is 2.38. The quantitative estimate of drug-likeness (QED) is 0.851. The van der Waals surface area contributed by atoms with E-state index < -0.39 is 0 Å². The number of nitrogens with one attached hydrogen (secondary N) is 1. The number of nitrogens with zero attached hydrogens (tertiary/aromatic N) is 2. The standard InChI is InChI=1S/C16H23N3O2/c1-5-20-13-8-7-12(11-14(13)21-6-2)15(17-3)16-18-9-10-19(16)4/h7-11,15,17H,5-6H2,1-4H3. The van der Waals surface area contributed by atoms with Gasteiger partial charge in [-0.25, -0.2) is 4.98 Å². The molecule has 1 heterocycles. The van der Waals surface area contributed by atoms with Gasteiger partial charge in [-0.3, -0.25) is 0 Å². The SMILES string of the molecule is CCOc1ccc(C(NC)c2nccn2C)cc1OCC. The molecule has 1 aromatic carbocycles. The minimum absolute atomic E-state index is 0.0138. The number of benzene rings is 1. The monoisotopic (exact) mass is 289 g/mol. The molecule has 0 aliphatic rings. The highest BCUT2D eigenvalue weighted by Gasteiger charge is 2.18. The molecule has 0 saturated heterocycles. The van der Waals surface area contributed by atoms with Crippen molar-refractivity contribution in [3.05, 3.63) is 42.0 Å². The van der Waals surface area contributed by atoms with Gasteiger partial charge in [0, 0.05) is 19.4 Å².